The van der Waals surface area contributed by atoms with Gasteiger partial charge in [0.1, 0.15) is 5.82 Å². The molecule has 0 saturated carbocycles. The molecule has 0 spiro atoms. The lowest BCUT2D eigenvalue weighted by Gasteiger charge is -2.16. The third kappa shape index (κ3) is 3.96. The number of carbonyl (C=O) groups is 1. The fraction of sp³-hybridized carbons (Fsp3) is 0.188. The molecule has 2 aromatic carbocycles. The average molecular weight is 326 g/mol. The molecule has 1 amide bonds. The van der Waals surface area contributed by atoms with Gasteiger partial charge >= 0.3 is 0 Å². The number of benzene rings is 2. The molecule has 0 fully saturated rings. The van der Waals surface area contributed by atoms with Gasteiger partial charge in [0.05, 0.1) is 12.5 Å². The van der Waals surface area contributed by atoms with E-state index in [9.17, 15) is 9.18 Å². The van der Waals surface area contributed by atoms with Crippen molar-refractivity contribution >= 4 is 29.1 Å². The summed E-state index contributed by atoms with van der Waals surface area (Å²) >= 11 is 12.0. The molecule has 21 heavy (non-hydrogen) atoms. The summed E-state index contributed by atoms with van der Waals surface area (Å²) in [7, 11) is 0. The fourth-order valence-corrected chi connectivity index (χ4v) is 2.59. The Morgan fingerprint density at radius 2 is 1.81 bits per heavy atom. The summed E-state index contributed by atoms with van der Waals surface area (Å²) in [5, 5.41) is 3.62. The van der Waals surface area contributed by atoms with Crippen LogP contribution in [0.15, 0.2) is 42.5 Å². The molecule has 1 unspecified atom stereocenters. The lowest BCUT2D eigenvalue weighted by atomic mass is 10.1. The Labute approximate surface area is 132 Å². The lowest BCUT2D eigenvalue weighted by molar-refractivity contribution is -0.121. The van der Waals surface area contributed by atoms with Crippen LogP contribution in [-0.4, -0.2) is 5.91 Å². The first-order valence-electron chi connectivity index (χ1n) is 6.45. The molecule has 0 aliphatic rings. The SMILES string of the molecule is CC(NC(=O)Cc1c(F)cccc1Cl)c1ccccc1Cl. The Balaban J connectivity index is 2.07. The molecule has 110 valence electrons. The Morgan fingerprint density at radius 3 is 2.48 bits per heavy atom. The van der Waals surface area contributed by atoms with Crippen molar-refractivity contribution in [3.8, 4) is 0 Å². The van der Waals surface area contributed by atoms with Gasteiger partial charge in [0.25, 0.3) is 0 Å². The minimum atomic E-state index is -0.483. The molecule has 0 aliphatic heterocycles. The number of rotatable bonds is 4. The molecule has 1 atom stereocenters. The number of hydrogen-bond acceptors (Lipinski definition) is 1. The van der Waals surface area contributed by atoms with Gasteiger partial charge in [0.2, 0.25) is 5.91 Å². The van der Waals surface area contributed by atoms with E-state index in [1.165, 1.54) is 12.1 Å². The van der Waals surface area contributed by atoms with E-state index in [1.54, 1.807) is 12.1 Å². The highest BCUT2D eigenvalue weighted by Crippen LogP contribution is 2.23. The maximum Gasteiger partial charge on any atom is 0.225 e. The molecule has 0 saturated heterocycles. The van der Waals surface area contributed by atoms with Gasteiger partial charge in [-0.1, -0.05) is 47.5 Å². The molecule has 0 aliphatic carbocycles. The van der Waals surface area contributed by atoms with Crippen molar-refractivity contribution in [3.63, 3.8) is 0 Å². The topological polar surface area (TPSA) is 29.1 Å². The molecule has 2 aromatic rings. The van der Waals surface area contributed by atoms with Gasteiger partial charge in [0, 0.05) is 15.6 Å². The van der Waals surface area contributed by atoms with Crippen molar-refractivity contribution in [2.24, 2.45) is 0 Å². The zero-order chi connectivity index (χ0) is 15.4. The number of amides is 1. The molecule has 5 heteroatoms. The van der Waals surface area contributed by atoms with Gasteiger partial charge in [-0.05, 0) is 30.7 Å². The van der Waals surface area contributed by atoms with Crippen LogP contribution in [0.1, 0.15) is 24.1 Å². The highest BCUT2D eigenvalue weighted by atomic mass is 35.5. The summed E-state index contributed by atoms with van der Waals surface area (Å²) in [6.45, 7) is 1.82. The van der Waals surface area contributed by atoms with Gasteiger partial charge in [0.15, 0.2) is 0 Å². The maximum absolute atomic E-state index is 13.6. The van der Waals surface area contributed by atoms with Crippen LogP contribution >= 0.6 is 23.2 Å². The highest BCUT2D eigenvalue weighted by molar-refractivity contribution is 6.31. The van der Waals surface area contributed by atoms with Crippen LogP contribution in [0, 0.1) is 5.82 Å². The van der Waals surface area contributed by atoms with Crippen molar-refractivity contribution < 1.29 is 9.18 Å². The minimum absolute atomic E-state index is 0.111. The van der Waals surface area contributed by atoms with Crippen molar-refractivity contribution in [3.05, 3.63) is 69.5 Å². The van der Waals surface area contributed by atoms with E-state index in [1.807, 2.05) is 25.1 Å². The molecule has 2 rings (SSSR count). The van der Waals surface area contributed by atoms with Crippen molar-refractivity contribution in [1.29, 1.82) is 0 Å². The summed E-state index contributed by atoms with van der Waals surface area (Å²) < 4.78 is 13.6. The predicted molar refractivity (Wildman–Crippen MR) is 83.1 cm³/mol. The van der Waals surface area contributed by atoms with Crippen molar-refractivity contribution in [1.82, 2.24) is 5.32 Å². The molecule has 0 heterocycles. The van der Waals surface area contributed by atoms with Gasteiger partial charge < -0.3 is 5.32 Å². The molecule has 1 N–H and O–H groups in total. The minimum Gasteiger partial charge on any atom is -0.349 e. The number of hydrogen-bond donors (Lipinski definition) is 1. The smallest absolute Gasteiger partial charge is 0.225 e. The van der Waals surface area contributed by atoms with Crippen molar-refractivity contribution in [2.75, 3.05) is 0 Å². The number of nitrogens with one attached hydrogen (secondary N) is 1. The average Bonchev–Trinajstić information content (AvgIpc) is 2.43. The summed E-state index contributed by atoms with van der Waals surface area (Å²) in [6.07, 6.45) is -0.111. The summed E-state index contributed by atoms with van der Waals surface area (Å²) in [6, 6.07) is 11.3. The standard InChI is InChI=1S/C16H14Cl2FNO/c1-10(11-5-2-3-6-13(11)17)20-16(21)9-12-14(18)7-4-8-15(12)19/h2-8,10H,9H2,1H3,(H,20,21). The van der Waals surface area contributed by atoms with Crippen LogP contribution < -0.4 is 5.32 Å². The van der Waals surface area contributed by atoms with E-state index >= 15 is 0 Å². The molecule has 0 aromatic heterocycles. The first-order valence-corrected chi connectivity index (χ1v) is 7.21. The second-order valence-electron chi connectivity index (χ2n) is 4.69. The van der Waals surface area contributed by atoms with Crippen LogP contribution in [0.25, 0.3) is 0 Å². The second kappa shape index (κ2) is 6.92. The van der Waals surface area contributed by atoms with Crippen molar-refractivity contribution in [2.45, 2.75) is 19.4 Å². The van der Waals surface area contributed by atoms with E-state index in [-0.39, 0.29) is 29.0 Å². The lowest BCUT2D eigenvalue weighted by Crippen LogP contribution is -2.28. The van der Waals surface area contributed by atoms with Crippen LogP contribution in [-0.2, 0) is 11.2 Å². The molecule has 2 nitrogen and oxygen atoms in total. The Hall–Kier alpha value is -1.58. The van der Waals surface area contributed by atoms with E-state index in [0.29, 0.717) is 5.02 Å². The summed E-state index contributed by atoms with van der Waals surface area (Å²) in [4.78, 5) is 12.0. The zero-order valence-electron chi connectivity index (χ0n) is 11.4. The van der Waals surface area contributed by atoms with Crippen LogP contribution in [0.3, 0.4) is 0 Å². The first-order chi connectivity index (χ1) is 9.99. The van der Waals surface area contributed by atoms with E-state index < -0.39 is 5.82 Å². The summed E-state index contributed by atoms with van der Waals surface area (Å²) in [5.41, 5.74) is 1.01. The third-order valence-corrected chi connectivity index (χ3v) is 3.85. The Bertz CT molecular complexity index is 640. The van der Waals surface area contributed by atoms with Gasteiger partial charge in [-0.3, -0.25) is 4.79 Å². The maximum atomic E-state index is 13.6. The van der Waals surface area contributed by atoms with Crippen LogP contribution in [0.5, 0.6) is 0 Å². The second-order valence-corrected chi connectivity index (χ2v) is 5.50. The predicted octanol–water partition coefficient (Wildman–Crippen LogP) is 4.55. The monoisotopic (exact) mass is 325 g/mol. The molecular formula is C16H14Cl2FNO. The Kier molecular flexibility index (Phi) is 5.21. The number of halogens is 3. The Morgan fingerprint density at radius 1 is 1.14 bits per heavy atom. The van der Waals surface area contributed by atoms with E-state index in [4.69, 9.17) is 23.2 Å². The zero-order valence-corrected chi connectivity index (χ0v) is 12.9. The first kappa shape index (κ1) is 15.8. The molecular weight excluding hydrogens is 312 g/mol. The summed E-state index contributed by atoms with van der Waals surface area (Å²) in [5.74, 6) is -0.794. The largest absolute Gasteiger partial charge is 0.349 e. The van der Waals surface area contributed by atoms with E-state index in [2.05, 4.69) is 5.32 Å². The molecule has 0 radical (unpaired) electrons. The number of carbonyl (C=O) groups excluding carboxylic acids is 1. The van der Waals surface area contributed by atoms with Gasteiger partial charge in [-0.25, -0.2) is 4.39 Å². The van der Waals surface area contributed by atoms with E-state index in [0.717, 1.165) is 5.56 Å². The molecule has 0 bridgehead atoms. The normalized spacial score (nSPS) is 12.0. The van der Waals surface area contributed by atoms with Crippen LogP contribution in [0.4, 0.5) is 4.39 Å². The van der Waals surface area contributed by atoms with Gasteiger partial charge in [-0.2, -0.15) is 0 Å². The quantitative estimate of drug-likeness (QED) is 0.877. The fourth-order valence-electron chi connectivity index (χ4n) is 2.06. The highest BCUT2D eigenvalue weighted by Gasteiger charge is 2.15. The van der Waals surface area contributed by atoms with Crippen LogP contribution in [0.2, 0.25) is 10.0 Å². The van der Waals surface area contributed by atoms with Gasteiger partial charge in [-0.15, -0.1) is 0 Å². The third-order valence-electron chi connectivity index (χ3n) is 3.15.